The van der Waals surface area contributed by atoms with Crippen molar-refractivity contribution < 1.29 is 4.39 Å². The summed E-state index contributed by atoms with van der Waals surface area (Å²) in [5.74, 6) is 0.752. The lowest BCUT2D eigenvalue weighted by Gasteiger charge is -2.17. The molecule has 1 aliphatic rings. The van der Waals surface area contributed by atoms with E-state index in [0.29, 0.717) is 19.5 Å². The minimum absolute atomic E-state index is 0.486. The molecule has 3 heterocycles. The summed E-state index contributed by atoms with van der Waals surface area (Å²) in [6.07, 6.45) is 5.60. The highest BCUT2D eigenvalue weighted by atomic mass is 19.1. The Morgan fingerprint density at radius 2 is 2.15 bits per heavy atom. The number of pyridine rings is 1. The minimum Gasteiger partial charge on any atom is -0.343 e. The Hall–Kier alpha value is -2.73. The zero-order valence-electron chi connectivity index (χ0n) is 14.8. The van der Waals surface area contributed by atoms with Gasteiger partial charge in [0.1, 0.15) is 12.0 Å². The third-order valence-corrected chi connectivity index (χ3v) is 4.69. The molecule has 3 aromatic rings. The number of anilines is 1. The van der Waals surface area contributed by atoms with Gasteiger partial charge < -0.3 is 5.32 Å². The first kappa shape index (κ1) is 16.7. The van der Waals surface area contributed by atoms with Crippen molar-refractivity contribution in [1.29, 1.82) is 0 Å². The van der Waals surface area contributed by atoms with Crippen LogP contribution in [0.4, 0.5) is 10.2 Å². The number of nitrogens with zero attached hydrogens (tertiary/aromatic N) is 4. The molecule has 0 radical (unpaired) electrons. The Bertz CT molecular complexity index is 948. The fraction of sp³-hybridized carbons (Fsp3) is 0.300. The number of hydrogen-bond donors (Lipinski definition) is 1. The number of halogens is 1. The third kappa shape index (κ3) is 3.60. The zero-order valence-corrected chi connectivity index (χ0v) is 14.8. The van der Waals surface area contributed by atoms with Crippen molar-refractivity contribution in [3.63, 3.8) is 0 Å². The van der Waals surface area contributed by atoms with Crippen molar-refractivity contribution in [3.8, 4) is 11.1 Å². The predicted octanol–water partition coefficient (Wildman–Crippen LogP) is 3.60. The first-order chi connectivity index (χ1) is 12.6. The maximum atomic E-state index is 13.3. The van der Waals surface area contributed by atoms with Crippen LogP contribution in [0.3, 0.4) is 0 Å². The van der Waals surface area contributed by atoms with Crippen LogP contribution < -0.4 is 5.32 Å². The second kappa shape index (κ2) is 6.88. The average molecular weight is 351 g/mol. The van der Waals surface area contributed by atoms with Crippen LogP contribution >= 0.6 is 0 Å². The second-order valence-electron chi connectivity index (χ2n) is 6.88. The summed E-state index contributed by atoms with van der Waals surface area (Å²) in [5.41, 5.74) is 3.03. The van der Waals surface area contributed by atoms with Gasteiger partial charge in [-0.2, -0.15) is 5.10 Å². The van der Waals surface area contributed by atoms with E-state index in [1.807, 2.05) is 31.7 Å². The number of benzene rings is 1. The van der Waals surface area contributed by atoms with E-state index in [0.717, 1.165) is 40.0 Å². The smallest absolute Gasteiger partial charge is 0.130 e. The van der Waals surface area contributed by atoms with Crippen molar-refractivity contribution in [1.82, 2.24) is 19.7 Å². The van der Waals surface area contributed by atoms with Gasteiger partial charge in [0.15, 0.2) is 0 Å². The monoisotopic (exact) mass is 351 g/mol. The van der Waals surface area contributed by atoms with Gasteiger partial charge >= 0.3 is 0 Å². The van der Waals surface area contributed by atoms with E-state index in [1.54, 1.807) is 4.68 Å². The molecule has 5 nitrogen and oxygen atoms in total. The predicted molar refractivity (Wildman–Crippen MR) is 103 cm³/mol. The molecule has 6 heteroatoms. The van der Waals surface area contributed by atoms with Crippen molar-refractivity contribution in [3.05, 3.63) is 55.1 Å². The topological polar surface area (TPSA) is 46.0 Å². The molecule has 1 atom stereocenters. The summed E-state index contributed by atoms with van der Waals surface area (Å²) in [6.45, 7) is 5.96. The molecule has 0 amide bonds. The fourth-order valence-corrected chi connectivity index (χ4v) is 3.38. The van der Waals surface area contributed by atoms with Gasteiger partial charge in [-0.25, -0.2) is 9.37 Å². The number of nitrogens with one attached hydrogen (secondary N) is 1. The number of fused-ring (bicyclic) bond motifs is 1. The van der Waals surface area contributed by atoms with Crippen LogP contribution in [-0.2, 0) is 7.05 Å². The fourth-order valence-electron chi connectivity index (χ4n) is 3.38. The van der Waals surface area contributed by atoms with E-state index < -0.39 is 6.17 Å². The SMILES string of the molecule is C=C(CN1CC[C@@H](F)C1)Nc1cc2cc(-c3cnn(C)c3)ccc2cn1. The molecule has 0 bridgehead atoms. The Balaban J connectivity index is 1.51. The molecule has 4 rings (SSSR count). The number of aryl methyl sites for hydroxylation is 1. The van der Waals surface area contributed by atoms with Crippen molar-refractivity contribution in [2.75, 3.05) is 25.0 Å². The highest BCUT2D eigenvalue weighted by Gasteiger charge is 2.21. The lowest BCUT2D eigenvalue weighted by Crippen LogP contribution is -2.25. The zero-order chi connectivity index (χ0) is 18.1. The van der Waals surface area contributed by atoms with E-state index >= 15 is 0 Å². The molecule has 1 saturated heterocycles. The van der Waals surface area contributed by atoms with Crippen LogP contribution in [0.2, 0.25) is 0 Å². The van der Waals surface area contributed by atoms with Gasteiger partial charge in [0.05, 0.1) is 6.20 Å². The van der Waals surface area contributed by atoms with Gasteiger partial charge in [-0.3, -0.25) is 9.58 Å². The van der Waals surface area contributed by atoms with E-state index in [4.69, 9.17) is 0 Å². The first-order valence-electron chi connectivity index (χ1n) is 8.77. The van der Waals surface area contributed by atoms with Gasteiger partial charge in [0, 0.05) is 55.7 Å². The van der Waals surface area contributed by atoms with Gasteiger partial charge in [0.25, 0.3) is 0 Å². The summed E-state index contributed by atoms with van der Waals surface area (Å²) in [6, 6.07) is 8.29. The Morgan fingerprint density at radius 3 is 2.88 bits per heavy atom. The minimum atomic E-state index is -0.715. The third-order valence-electron chi connectivity index (χ3n) is 4.69. The Kier molecular flexibility index (Phi) is 4.42. The Morgan fingerprint density at radius 1 is 1.27 bits per heavy atom. The molecule has 0 saturated carbocycles. The standard InChI is InChI=1S/C20H22FN5/c1-14(11-26-6-5-19(21)13-26)24-20-8-17-7-15(3-4-16(17)9-22-20)18-10-23-25(2)12-18/h3-4,7-10,12,19H,1,5-6,11,13H2,2H3,(H,22,24)/t19-/m1/s1. The molecule has 0 aliphatic carbocycles. The molecular formula is C20H22FN5. The highest BCUT2D eigenvalue weighted by Crippen LogP contribution is 2.25. The summed E-state index contributed by atoms with van der Waals surface area (Å²) < 4.78 is 15.1. The number of hydrogen-bond acceptors (Lipinski definition) is 4. The van der Waals surface area contributed by atoms with Gasteiger partial charge in [-0.15, -0.1) is 0 Å². The van der Waals surface area contributed by atoms with Crippen molar-refractivity contribution in [2.24, 2.45) is 7.05 Å². The van der Waals surface area contributed by atoms with Crippen molar-refractivity contribution in [2.45, 2.75) is 12.6 Å². The number of alkyl halides is 1. The summed E-state index contributed by atoms with van der Waals surface area (Å²) in [7, 11) is 1.91. The van der Waals surface area contributed by atoms with E-state index in [1.165, 1.54) is 0 Å². The van der Waals surface area contributed by atoms with Crippen molar-refractivity contribution >= 4 is 16.6 Å². The molecule has 1 N–H and O–H groups in total. The molecule has 26 heavy (non-hydrogen) atoms. The molecule has 1 fully saturated rings. The quantitative estimate of drug-likeness (QED) is 0.763. The average Bonchev–Trinajstić information content (AvgIpc) is 3.22. The van der Waals surface area contributed by atoms with Gasteiger partial charge in [0.2, 0.25) is 0 Å². The first-order valence-corrected chi connectivity index (χ1v) is 8.77. The summed E-state index contributed by atoms with van der Waals surface area (Å²) in [5, 5.41) is 9.66. The van der Waals surface area contributed by atoms with Gasteiger partial charge in [-0.05, 0) is 29.5 Å². The maximum Gasteiger partial charge on any atom is 0.130 e. The van der Waals surface area contributed by atoms with Crippen LogP contribution in [0, 0.1) is 0 Å². The summed E-state index contributed by atoms with van der Waals surface area (Å²) in [4.78, 5) is 6.53. The van der Waals surface area contributed by atoms with Crippen LogP contribution in [0.5, 0.6) is 0 Å². The van der Waals surface area contributed by atoms with E-state index in [9.17, 15) is 4.39 Å². The number of aromatic nitrogens is 3. The molecule has 134 valence electrons. The maximum absolute atomic E-state index is 13.3. The molecular weight excluding hydrogens is 329 g/mol. The normalized spacial score (nSPS) is 17.7. The van der Waals surface area contributed by atoms with E-state index in [2.05, 4.69) is 45.1 Å². The van der Waals surface area contributed by atoms with Crippen LogP contribution in [0.25, 0.3) is 21.9 Å². The largest absolute Gasteiger partial charge is 0.343 e. The molecule has 0 spiro atoms. The molecule has 1 aliphatic heterocycles. The Labute approximate surface area is 152 Å². The second-order valence-corrected chi connectivity index (χ2v) is 6.88. The lowest BCUT2D eigenvalue weighted by molar-refractivity contribution is 0.303. The van der Waals surface area contributed by atoms with Gasteiger partial charge in [-0.1, -0.05) is 18.7 Å². The summed E-state index contributed by atoms with van der Waals surface area (Å²) >= 11 is 0. The molecule has 2 aromatic heterocycles. The van der Waals surface area contributed by atoms with E-state index in [-0.39, 0.29) is 0 Å². The lowest BCUT2D eigenvalue weighted by atomic mass is 10.1. The number of rotatable bonds is 5. The molecule has 0 unspecified atom stereocenters. The van der Waals surface area contributed by atoms with Crippen LogP contribution in [0.1, 0.15) is 6.42 Å². The van der Waals surface area contributed by atoms with Crippen LogP contribution in [-0.4, -0.2) is 45.5 Å². The van der Waals surface area contributed by atoms with Crippen LogP contribution in [0.15, 0.2) is 55.1 Å². The molecule has 1 aromatic carbocycles. The highest BCUT2D eigenvalue weighted by molar-refractivity contribution is 5.88. The number of likely N-dealkylation sites (tertiary alicyclic amines) is 1.